The normalized spacial score (nSPS) is 16.2. The molecule has 3 rings (SSSR count). The molecule has 22 heavy (non-hydrogen) atoms. The molecular formula is C16H19ClN2O3. The van der Waals surface area contributed by atoms with Crippen LogP contribution in [0.2, 0.25) is 0 Å². The molecule has 118 valence electrons. The highest BCUT2D eigenvalue weighted by molar-refractivity contribution is 5.85. The first-order chi connectivity index (χ1) is 10.2. The molecule has 0 bridgehead atoms. The molecule has 6 heteroatoms. The van der Waals surface area contributed by atoms with Gasteiger partial charge in [0, 0.05) is 11.6 Å². The highest BCUT2D eigenvalue weighted by Gasteiger charge is 2.25. The van der Waals surface area contributed by atoms with Crippen LogP contribution >= 0.6 is 12.4 Å². The Morgan fingerprint density at radius 3 is 2.59 bits per heavy atom. The van der Waals surface area contributed by atoms with Crippen LogP contribution < -0.4 is 0 Å². The van der Waals surface area contributed by atoms with Crippen LogP contribution in [0.25, 0.3) is 11.3 Å². The molecule has 1 N–H and O–H groups in total. The number of rotatable bonds is 4. The van der Waals surface area contributed by atoms with Crippen LogP contribution in [0, 0.1) is 5.92 Å². The molecular weight excluding hydrogens is 304 g/mol. The summed E-state index contributed by atoms with van der Waals surface area (Å²) in [6.45, 7) is 2.27. The van der Waals surface area contributed by atoms with Gasteiger partial charge in [-0.3, -0.25) is 9.69 Å². The van der Waals surface area contributed by atoms with Gasteiger partial charge in [0.15, 0.2) is 5.76 Å². The maximum Gasteiger partial charge on any atom is 0.306 e. The van der Waals surface area contributed by atoms with Gasteiger partial charge < -0.3 is 9.63 Å². The number of nitrogens with zero attached hydrogens (tertiary/aromatic N) is 2. The Balaban J connectivity index is 0.00000176. The molecule has 1 aromatic carbocycles. The molecule has 5 nitrogen and oxygen atoms in total. The third-order valence-corrected chi connectivity index (χ3v) is 3.94. The molecule has 0 saturated carbocycles. The molecule has 0 amide bonds. The quantitative estimate of drug-likeness (QED) is 0.937. The van der Waals surface area contributed by atoms with Gasteiger partial charge >= 0.3 is 5.97 Å². The number of aromatic nitrogens is 1. The molecule has 0 aliphatic carbocycles. The van der Waals surface area contributed by atoms with Crippen molar-refractivity contribution in [1.29, 1.82) is 0 Å². The first kappa shape index (κ1) is 16.5. The van der Waals surface area contributed by atoms with E-state index in [2.05, 4.69) is 10.1 Å². The second kappa shape index (κ2) is 7.42. The van der Waals surface area contributed by atoms with E-state index < -0.39 is 5.97 Å². The highest BCUT2D eigenvalue weighted by Crippen LogP contribution is 2.22. The van der Waals surface area contributed by atoms with Gasteiger partial charge in [-0.1, -0.05) is 35.5 Å². The number of likely N-dealkylation sites (tertiary alicyclic amines) is 1. The van der Waals surface area contributed by atoms with E-state index in [4.69, 9.17) is 9.63 Å². The number of carboxylic acids is 1. The fourth-order valence-corrected chi connectivity index (χ4v) is 2.69. The van der Waals surface area contributed by atoms with E-state index in [0.717, 1.165) is 30.1 Å². The van der Waals surface area contributed by atoms with Gasteiger partial charge in [0.25, 0.3) is 0 Å². The number of hydrogen-bond acceptors (Lipinski definition) is 4. The second-order valence-corrected chi connectivity index (χ2v) is 5.43. The fourth-order valence-electron chi connectivity index (χ4n) is 2.69. The molecule has 1 fully saturated rings. The van der Waals surface area contributed by atoms with E-state index >= 15 is 0 Å². The summed E-state index contributed by atoms with van der Waals surface area (Å²) in [4.78, 5) is 13.1. The number of halogens is 1. The lowest BCUT2D eigenvalue weighted by Gasteiger charge is -2.28. The van der Waals surface area contributed by atoms with Gasteiger partial charge in [-0.15, -0.1) is 12.4 Å². The van der Waals surface area contributed by atoms with Crippen LogP contribution in [0.4, 0.5) is 0 Å². The van der Waals surface area contributed by atoms with Crippen LogP contribution in [-0.2, 0) is 11.3 Å². The van der Waals surface area contributed by atoms with E-state index in [1.165, 1.54) is 0 Å². The topological polar surface area (TPSA) is 66.6 Å². The summed E-state index contributed by atoms with van der Waals surface area (Å²) in [5.74, 6) is -0.0563. The molecule has 1 aromatic heterocycles. The van der Waals surface area contributed by atoms with E-state index in [1.807, 2.05) is 36.4 Å². The van der Waals surface area contributed by atoms with Crippen LogP contribution in [-0.4, -0.2) is 34.2 Å². The molecule has 0 unspecified atom stereocenters. The first-order valence-electron chi connectivity index (χ1n) is 7.18. The van der Waals surface area contributed by atoms with Crippen molar-refractivity contribution in [2.24, 2.45) is 5.92 Å². The van der Waals surface area contributed by atoms with Crippen molar-refractivity contribution in [2.75, 3.05) is 13.1 Å². The second-order valence-electron chi connectivity index (χ2n) is 5.43. The minimum absolute atomic E-state index is 0. The van der Waals surface area contributed by atoms with Gasteiger partial charge in [0.1, 0.15) is 5.69 Å². The predicted octanol–water partition coefficient (Wildman–Crippen LogP) is 3.06. The number of benzene rings is 1. The average molecular weight is 323 g/mol. The number of aliphatic carboxylic acids is 1. The molecule has 0 spiro atoms. The number of piperidine rings is 1. The maximum absolute atomic E-state index is 10.9. The van der Waals surface area contributed by atoms with Crippen molar-refractivity contribution >= 4 is 18.4 Å². The van der Waals surface area contributed by atoms with Gasteiger partial charge in [-0.25, -0.2) is 0 Å². The summed E-state index contributed by atoms with van der Waals surface area (Å²) >= 11 is 0. The summed E-state index contributed by atoms with van der Waals surface area (Å²) in [5, 5.41) is 13.1. The predicted molar refractivity (Wildman–Crippen MR) is 84.8 cm³/mol. The van der Waals surface area contributed by atoms with Gasteiger partial charge in [0.05, 0.1) is 12.5 Å². The molecule has 1 aliphatic rings. The van der Waals surface area contributed by atoms with E-state index in [0.29, 0.717) is 19.4 Å². The Morgan fingerprint density at radius 2 is 1.95 bits per heavy atom. The molecule has 0 radical (unpaired) electrons. The zero-order valence-corrected chi connectivity index (χ0v) is 13.0. The Hall–Kier alpha value is -1.85. The largest absolute Gasteiger partial charge is 0.481 e. The molecule has 0 atom stereocenters. The Morgan fingerprint density at radius 1 is 1.27 bits per heavy atom. The van der Waals surface area contributed by atoms with E-state index in [9.17, 15) is 4.79 Å². The third kappa shape index (κ3) is 3.87. The van der Waals surface area contributed by atoms with Crippen molar-refractivity contribution < 1.29 is 14.4 Å². The lowest BCUT2D eigenvalue weighted by Crippen LogP contribution is -2.35. The van der Waals surface area contributed by atoms with Gasteiger partial charge in [-0.05, 0) is 25.9 Å². The third-order valence-electron chi connectivity index (χ3n) is 3.94. The van der Waals surface area contributed by atoms with Gasteiger partial charge in [-0.2, -0.15) is 0 Å². The monoisotopic (exact) mass is 322 g/mol. The summed E-state index contributed by atoms with van der Waals surface area (Å²) in [5.41, 5.74) is 1.88. The van der Waals surface area contributed by atoms with Crippen molar-refractivity contribution in [3.63, 3.8) is 0 Å². The fraction of sp³-hybridized carbons (Fsp3) is 0.375. The summed E-state index contributed by atoms with van der Waals surface area (Å²) < 4.78 is 5.39. The van der Waals surface area contributed by atoms with Crippen LogP contribution in [0.5, 0.6) is 0 Å². The average Bonchev–Trinajstić information content (AvgIpc) is 2.97. The number of hydrogen-bond donors (Lipinski definition) is 1. The summed E-state index contributed by atoms with van der Waals surface area (Å²) in [7, 11) is 0. The molecule has 1 saturated heterocycles. The van der Waals surface area contributed by atoms with Crippen molar-refractivity contribution in [1.82, 2.24) is 10.1 Å². The van der Waals surface area contributed by atoms with Gasteiger partial charge in [0.2, 0.25) is 0 Å². The lowest BCUT2D eigenvalue weighted by atomic mass is 9.97. The zero-order chi connectivity index (χ0) is 14.7. The minimum Gasteiger partial charge on any atom is -0.481 e. The standard InChI is InChI=1S/C16H18N2O3.ClH/c19-16(20)13-6-8-18(9-7-13)11-14-10-15(17-21-14)12-4-2-1-3-5-12;/h1-5,10,13H,6-9,11H2,(H,19,20);1H. The summed E-state index contributed by atoms with van der Waals surface area (Å²) in [6.07, 6.45) is 1.41. The van der Waals surface area contributed by atoms with Crippen LogP contribution in [0.15, 0.2) is 40.9 Å². The first-order valence-corrected chi connectivity index (χ1v) is 7.18. The van der Waals surface area contributed by atoms with Crippen molar-refractivity contribution in [3.8, 4) is 11.3 Å². The SMILES string of the molecule is Cl.O=C(O)C1CCN(Cc2cc(-c3ccccc3)no2)CC1. The molecule has 2 aromatic rings. The van der Waals surface area contributed by atoms with Crippen molar-refractivity contribution in [3.05, 3.63) is 42.2 Å². The number of carbonyl (C=O) groups is 1. The Kier molecular flexibility index (Phi) is 5.57. The lowest BCUT2D eigenvalue weighted by molar-refractivity contribution is -0.143. The van der Waals surface area contributed by atoms with Crippen LogP contribution in [0.1, 0.15) is 18.6 Å². The maximum atomic E-state index is 10.9. The Labute approximate surface area is 135 Å². The Bertz CT molecular complexity index is 607. The molecule has 2 heterocycles. The summed E-state index contributed by atoms with van der Waals surface area (Å²) in [6, 6.07) is 11.9. The number of carboxylic acid groups (broad SMARTS) is 1. The van der Waals surface area contributed by atoms with Crippen molar-refractivity contribution in [2.45, 2.75) is 19.4 Å². The minimum atomic E-state index is -0.680. The zero-order valence-electron chi connectivity index (χ0n) is 12.1. The van der Waals surface area contributed by atoms with E-state index in [1.54, 1.807) is 0 Å². The molecule has 1 aliphatic heterocycles. The smallest absolute Gasteiger partial charge is 0.306 e. The van der Waals surface area contributed by atoms with Crippen LogP contribution in [0.3, 0.4) is 0 Å². The van der Waals surface area contributed by atoms with E-state index in [-0.39, 0.29) is 18.3 Å². The highest BCUT2D eigenvalue weighted by atomic mass is 35.5.